The second-order valence-corrected chi connectivity index (χ2v) is 9.58. The number of piperidine rings is 1. The summed E-state index contributed by atoms with van der Waals surface area (Å²) in [7, 11) is -3.41. The predicted molar refractivity (Wildman–Crippen MR) is 109 cm³/mol. The quantitative estimate of drug-likeness (QED) is 0.458. The zero-order chi connectivity index (χ0) is 19.1. The number of guanidine groups is 1. The molecule has 0 spiro atoms. The van der Waals surface area contributed by atoms with Crippen molar-refractivity contribution in [3.63, 3.8) is 0 Å². The minimum Gasteiger partial charge on any atom is -0.370 e. The van der Waals surface area contributed by atoms with Crippen LogP contribution in [-0.2, 0) is 16.6 Å². The van der Waals surface area contributed by atoms with Crippen LogP contribution < -0.4 is 11.1 Å². The van der Waals surface area contributed by atoms with E-state index in [-0.39, 0.29) is 0 Å². The predicted octanol–water partition coefficient (Wildman–Crippen LogP) is 2.99. The van der Waals surface area contributed by atoms with Crippen molar-refractivity contribution in [1.29, 1.82) is 0 Å². The molecule has 6 nitrogen and oxygen atoms in total. The Morgan fingerprint density at radius 3 is 2.44 bits per heavy atom. The average Bonchev–Trinajstić information content (AvgIpc) is 2.96. The van der Waals surface area contributed by atoms with Crippen LogP contribution >= 0.6 is 0 Å². The fraction of sp³-hybridized carbons (Fsp3) is 0.650. The molecular weight excluding hydrogens is 360 g/mol. The van der Waals surface area contributed by atoms with E-state index in [2.05, 4.69) is 10.3 Å². The Morgan fingerprint density at radius 2 is 1.74 bits per heavy atom. The first kappa shape index (κ1) is 20.1. The highest BCUT2D eigenvalue weighted by Gasteiger charge is 2.25. The fourth-order valence-electron chi connectivity index (χ4n) is 3.91. The van der Waals surface area contributed by atoms with E-state index < -0.39 is 10.0 Å². The van der Waals surface area contributed by atoms with Crippen molar-refractivity contribution >= 4 is 16.0 Å². The number of sulfonamides is 1. The van der Waals surface area contributed by atoms with E-state index in [9.17, 15) is 8.42 Å². The fourth-order valence-corrected chi connectivity index (χ4v) is 5.50. The lowest BCUT2D eigenvalue weighted by Gasteiger charge is -2.26. The van der Waals surface area contributed by atoms with Gasteiger partial charge in [-0.3, -0.25) is 0 Å². The Hall–Kier alpha value is -1.60. The number of rotatable bonds is 5. The molecule has 1 heterocycles. The third-order valence-electron chi connectivity index (χ3n) is 5.49. The van der Waals surface area contributed by atoms with Gasteiger partial charge in [-0.15, -0.1) is 0 Å². The zero-order valence-electron chi connectivity index (χ0n) is 16.1. The van der Waals surface area contributed by atoms with Crippen molar-refractivity contribution in [2.24, 2.45) is 10.7 Å². The van der Waals surface area contributed by atoms with Gasteiger partial charge in [0.1, 0.15) is 0 Å². The van der Waals surface area contributed by atoms with Gasteiger partial charge in [0.15, 0.2) is 5.96 Å². The van der Waals surface area contributed by atoms with Crippen LogP contribution in [0.1, 0.15) is 63.4 Å². The topological polar surface area (TPSA) is 87.8 Å². The molecule has 3 rings (SSSR count). The molecule has 3 N–H and O–H groups in total. The lowest BCUT2D eigenvalue weighted by Crippen LogP contribution is -2.39. The standard InChI is InChI=1S/C20H32N4O2S/c21-20(23-18-10-4-1-2-5-11-18)22-16-17-9-8-12-19(15-17)27(25,26)24-13-6-3-7-14-24/h8-9,12,15,18H,1-7,10-11,13-14,16H2,(H3,21,22,23). The normalized spacial score (nSPS) is 21.0. The van der Waals surface area contributed by atoms with E-state index >= 15 is 0 Å². The van der Waals surface area contributed by atoms with Crippen LogP contribution in [0.15, 0.2) is 34.2 Å². The number of nitrogens with one attached hydrogen (secondary N) is 1. The summed E-state index contributed by atoms with van der Waals surface area (Å²) in [5, 5.41) is 3.33. The van der Waals surface area contributed by atoms with Gasteiger partial charge in [0, 0.05) is 19.1 Å². The molecule has 1 aromatic rings. The van der Waals surface area contributed by atoms with Crippen molar-refractivity contribution in [1.82, 2.24) is 9.62 Å². The van der Waals surface area contributed by atoms with Crippen molar-refractivity contribution in [2.75, 3.05) is 13.1 Å². The average molecular weight is 393 g/mol. The summed E-state index contributed by atoms with van der Waals surface area (Å²) in [4.78, 5) is 4.78. The number of benzene rings is 1. The minimum absolute atomic E-state index is 0.354. The first-order valence-corrected chi connectivity index (χ1v) is 11.7. The van der Waals surface area contributed by atoms with Gasteiger partial charge in [0.25, 0.3) is 0 Å². The van der Waals surface area contributed by atoms with E-state index in [1.54, 1.807) is 22.5 Å². The number of nitrogens with zero attached hydrogens (tertiary/aromatic N) is 2. The molecular formula is C20H32N4O2S. The smallest absolute Gasteiger partial charge is 0.243 e. The molecule has 0 unspecified atom stereocenters. The van der Waals surface area contributed by atoms with Crippen molar-refractivity contribution < 1.29 is 8.42 Å². The lowest BCUT2D eigenvalue weighted by atomic mass is 10.1. The molecule has 2 aliphatic rings. The Balaban J connectivity index is 1.63. The minimum atomic E-state index is -3.41. The first-order chi connectivity index (χ1) is 13.1. The molecule has 1 saturated heterocycles. The summed E-state index contributed by atoms with van der Waals surface area (Å²) in [5.41, 5.74) is 6.92. The maximum atomic E-state index is 12.8. The third kappa shape index (κ3) is 5.69. The third-order valence-corrected chi connectivity index (χ3v) is 7.39. The molecule has 1 aromatic carbocycles. The maximum absolute atomic E-state index is 12.8. The van der Waals surface area contributed by atoms with E-state index in [0.29, 0.717) is 36.5 Å². The van der Waals surface area contributed by atoms with Crippen LogP contribution in [-0.4, -0.2) is 37.8 Å². The molecule has 1 saturated carbocycles. The van der Waals surface area contributed by atoms with Crippen LogP contribution in [0.2, 0.25) is 0 Å². The monoisotopic (exact) mass is 392 g/mol. The number of aliphatic imine (C=N–C) groups is 1. The van der Waals surface area contributed by atoms with E-state index in [0.717, 1.165) is 37.7 Å². The Bertz CT molecular complexity index is 734. The molecule has 2 fully saturated rings. The number of nitrogens with two attached hydrogens (primary N) is 1. The number of hydrogen-bond donors (Lipinski definition) is 2. The molecule has 0 aromatic heterocycles. The van der Waals surface area contributed by atoms with Gasteiger partial charge in [-0.2, -0.15) is 4.31 Å². The summed E-state index contributed by atoms with van der Waals surface area (Å²) >= 11 is 0. The molecule has 27 heavy (non-hydrogen) atoms. The van der Waals surface area contributed by atoms with Gasteiger partial charge in [-0.1, -0.05) is 44.2 Å². The molecule has 1 aliphatic heterocycles. The second-order valence-electron chi connectivity index (χ2n) is 7.65. The maximum Gasteiger partial charge on any atom is 0.243 e. The summed E-state index contributed by atoms with van der Waals surface area (Å²) in [6.07, 6.45) is 10.3. The van der Waals surface area contributed by atoms with Gasteiger partial charge in [-0.25, -0.2) is 13.4 Å². The SMILES string of the molecule is NC(=NCc1cccc(S(=O)(=O)N2CCCCC2)c1)NC1CCCCCC1. The highest BCUT2D eigenvalue weighted by Crippen LogP contribution is 2.21. The number of hydrogen-bond acceptors (Lipinski definition) is 3. The first-order valence-electron chi connectivity index (χ1n) is 10.2. The molecule has 0 bridgehead atoms. The molecule has 0 radical (unpaired) electrons. The zero-order valence-corrected chi connectivity index (χ0v) is 16.9. The molecule has 0 atom stereocenters. The van der Waals surface area contributed by atoms with E-state index in [1.165, 1.54) is 25.7 Å². The lowest BCUT2D eigenvalue weighted by molar-refractivity contribution is 0.346. The van der Waals surface area contributed by atoms with Gasteiger partial charge in [0.2, 0.25) is 10.0 Å². The Kier molecular flexibility index (Phi) is 7.13. The Labute approximate surface area is 163 Å². The van der Waals surface area contributed by atoms with Crippen LogP contribution in [0.25, 0.3) is 0 Å². The highest BCUT2D eigenvalue weighted by atomic mass is 32.2. The van der Waals surface area contributed by atoms with Crippen molar-refractivity contribution in [2.45, 2.75) is 75.3 Å². The van der Waals surface area contributed by atoms with Gasteiger partial charge < -0.3 is 11.1 Å². The van der Waals surface area contributed by atoms with Crippen LogP contribution in [0.3, 0.4) is 0 Å². The van der Waals surface area contributed by atoms with Crippen LogP contribution in [0, 0.1) is 0 Å². The summed E-state index contributed by atoms with van der Waals surface area (Å²) < 4.78 is 27.2. The van der Waals surface area contributed by atoms with E-state index in [1.807, 2.05) is 6.07 Å². The van der Waals surface area contributed by atoms with Gasteiger partial charge in [0.05, 0.1) is 11.4 Å². The summed E-state index contributed by atoms with van der Waals surface area (Å²) in [5.74, 6) is 0.450. The second kappa shape index (κ2) is 9.55. The van der Waals surface area contributed by atoms with Crippen molar-refractivity contribution in [3.8, 4) is 0 Å². The summed E-state index contributed by atoms with van der Waals surface area (Å²) in [6, 6.07) is 7.49. The largest absolute Gasteiger partial charge is 0.370 e. The Morgan fingerprint density at radius 1 is 1.07 bits per heavy atom. The molecule has 7 heteroatoms. The van der Waals surface area contributed by atoms with Crippen LogP contribution in [0.5, 0.6) is 0 Å². The highest BCUT2D eigenvalue weighted by molar-refractivity contribution is 7.89. The van der Waals surface area contributed by atoms with Crippen molar-refractivity contribution in [3.05, 3.63) is 29.8 Å². The van der Waals surface area contributed by atoms with Gasteiger partial charge >= 0.3 is 0 Å². The van der Waals surface area contributed by atoms with E-state index in [4.69, 9.17) is 5.73 Å². The molecule has 0 amide bonds. The molecule has 150 valence electrons. The molecule has 1 aliphatic carbocycles. The van der Waals surface area contributed by atoms with Crippen LogP contribution in [0.4, 0.5) is 0 Å². The van der Waals surface area contributed by atoms with Gasteiger partial charge in [-0.05, 0) is 43.4 Å². The summed E-state index contributed by atoms with van der Waals surface area (Å²) in [6.45, 7) is 1.61.